The quantitative estimate of drug-likeness (QED) is 0.911. The molecule has 1 saturated heterocycles. The number of nitrogens with one attached hydrogen (secondary N) is 1. The minimum Gasteiger partial charge on any atom is -0.334 e. The molecule has 1 aromatic carbocycles. The molecule has 1 N–H and O–H groups in total. The van der Waals surface area contributed by atoms with Gasteiger partial charge in [-0.05, 0) is 50.8 Å². The Labute approximate surface area is 146 Å². The Bertz CT molecular complexity index is 829. The van der Waals surface area contributed by atoms with Gasteiger partial charge in [0.25, 0.3) is 5.91 Å². The van der Waals surface area contributed by atoms with Crippen LogP contribution < -0.4 is 5.32 Å². The van der Waals surface area contributed by atoms with E-state index < -0.39 is 0 Å². The summed E-state index contributed by atoms with van der Waals surface area (Å²) < 4.78 is 16.1. The molecule has 0 saturated carbocycles. The van der Waals surface area contributed by atoms with Crippen LogP contribution in [-0.2, 0) is 12.8 Å². The van der Waals surface area contributed by atoms with Crippen LogP contribution in [0.1, 0.15) is 40.7 Å². The summed E-state index contributed by atoms with van der Waals surface area (Å²) in [5.74, 6) is -0.329. The van der Waals surface area contributed by atoms with Crippen LogP contribution >= 0.6 is 0 Å². The normalized spacial score (nSPS) is 20.0. The molecule has 6 heteroatoms. The zero-order valence-corrected chi connectivity index (χ0v) is 14.7. The van der Waals surface area contributed by atoms with Gasteiger partial charge in [-0.2, -0.15) is 5.10 Å². The van der Waals surface area contributed by atoms with Gasteiger partial charge in [-0.15, -0.1) is 0 Å². The number of benzene rings is 1. The lowest BCUT2D eigenvalue weighted by atomic mass is 10.1. The summed E-state index contributed by atoms with van der Waals surface area (Å²) in [6.45, 7) is 6.09. The zero-order chi connectivity index (χ0) is 17.6. The first kappa shape index (κ1) is 16.3. The predicted molar refractivity (Wildman–Crippen MR) is 93.7 cm³/mol. The molecule has 1 aromatic heterocycles. The number of halogens is 1. The number of fused-ring (bicyclic) bond motifs is 1. The maximum absolute atomic E-state index is 14.5. The lowest BCUT2D eigenvalue weighted by Crippen LogP contribution is -2.51. The molecule has 1 aliphatic carbocycles. The Hall–Kier alpha value is -2.21. The summed E-state index contributed by atoms with van der Waals surface area (Å²) >= 11 is 0. The van der Waals surface area contributed by atoms with E-state index in [1.807, 2.05) is 17.9 Å². The van der Waals surface area contributed by atoms with Crippen molar-refractivity contribution in [2.75, 3.05) is 19.6 Å². The van der Waals surface area contributed by atoms with Crippen molar-refractivity contribution in [3.8, 4) is 5.69 Å². The van der Waals surface area contributed by atoms with E-state index in [9.17, 15) is 9.18 Å². The van der Waals surface area contributed by atoms with Crippen molar-refractivity contribution >= 4 is 5.91 Å². The number of piperazine rings is 1. The van der Waals surface area contributed by atoms with E-state index in [0.29, 0.717) is 24.5 Å². The molecule has 0 spiro atoms. The smallest absolute Gasteiger partial charge is 0.274 e. The molecule has 25 heavy (non-hydrogen) atoms. The topological polar surface area (TPSA) is 50.2 Å². The summed E-state index contributed by atoms with van der Waals surface area (Å²) in [6.07, 6.45) is 2.66. The number of carbonyl (C=O) groups excluding carboxylic acids is 1. The summed E-state index contributed by atoms with van der Waals surface area (Å²) in [4.78, 5) is 14.9. The van der Waals surface area contributed by atoms with E-state index in [2.05, 4.69) is 17.3 Å². The van der Waals surface area contributed by atoms with Gasteiger partial charge in [0.2, 0.25) is 0 Å². The Morgan fingerprint density at radius 2 is 2.20 bits per heavy atom. The van der Waals surface area contributed by atoms with Gasteiger partial charge in [-0.25, -0.2) is 9.07 Å². The van der Waals surface area contributed by atoms with Crippen LogP contribution in [0.15, 0.2) is 18.2 Å². The van der Waals surface area contributed by atoms with E-state index in [0.717, 1.165) is 42.6 Å². The minimum absolute atomic E-state index is 0.0298. The maximum atomic E-state index is 14.5. The first-order chi connectivity index (χ1) is 12.0. The van der Waals surface area contributed by atoms with Gasteiger partial charge in [0.15, 0.2) is 5.69 Å². The van der Waals surface area contributed by atoms with Gasteiger partial charge >= 0.3 is 0 Å². The van der Waals surface area contributed by atoms with Crippen LogP contribution in [0.5, 0.6) is 0 Å². The maximum Gasteiger partial charge on any atom is 0.274 e. The van der Waals surface area contributed by atoms with Crippen LogP contribution in [0.4, 0.5) is 4.39 Å². The Morgan fingerprint density at radius 1 is 1.36 bits per heavy atom. The molecule has 2 aliphatic rings. The fraction of sp³-hybridized carbons (Fsp3) is 0.474. The fourth-order valence-corrected chi connectivity index (χ4v) is 3.86. The molecule has 1 unspecified atom stereocenters. The number of rotatable bonds is 2. The standard InChI is InChI=1S/C19H23FN4O/c1-12-6-7-17(15(20)10-12)24-16-5-3-4-14(16)18(22-24)19(25)23-9-8-21-13(2)11-23/h6-7,10,13,21H,3-5,8-9,11H2,1-2H3. The third-order valence-electron chi connectivity index (χ3n) is 5.12. The molecule has 1 amide bonds. The van der Waals surface area contributed by atoms with Crippen LogP contribution in [0.2, 0.25) is 0 Å². The Balaban J connectivity index is 1.74. The van der Waals surface area contributed by atoms with Crippen LogP contribution in [-0.4, -0.2) is 46.3 Å². The highest BCUT2D eigenvalue weighted by molar-refractivity contribution is 5.94. The summed E-state index contributed by atoms with van der Waals surface area (Å²) in [7, 11) is 0. The van der Waals surface area contributed by atoms with Crippen LogP contribution in [0.25, 0.3) is 5.69 Å². The molecule has 132 valence electrons. The molecule has 1 aliphatic heterocycles. The molecule has 2 heterocycles. The number of aromatic nitrogens is 2. The van der Waals surface area contributed by atoms with E-state index in [4.69, 9.17) is 0 Å². The highest BCUT2D eigenvalue weighted by Crippen LogP contribution is 2.29. The van der Waals surface area contributed by atoms with Crippen molar-refractivity contribution in [3.63, 3.8) is 0 Å². The van der Waals surface area contributed by atoms with Gasteiger partial charge in [0, 0.05) is 36.9 Å². The van der Waals surface area contributed by atoms with Gasteiger partial charge in [-0.1, -0.05) is 6.07 Å². The van der Waals surface area contributed by atoms with Gasteiger partial charge in [-0.3, -0.25) is 4.79 Å². The molecule has 4 rings (SSSR count). The minimum atomic E-state index is -0.299. The largest absolute Gasteiger partial charge is 0.334 e. The molecule has 1 fully saturated rings. The average molecular weight is 342 g/mol. The van der Waals surface area contributed by atoms with Crippen LogP contribution in [0.3, 0.4) is 0 Å². The third-order valence-corrected chi connectivity index (χ3v) is 5.12. The Morgan fingerprint density at radius 3 is 2.96 bits per heavy atom. The lowest BCUT2D eigenvalue weighted by Gasteiger charge is -2.31. The summed E-state index contributed by atoms with van der Waals surface area (Å²) in [5, 5.41) is 7.90. The molecule has 1 atom stereocenters. The van der Waals surface area contributed by atoms with Crippen molar-refractivity contribution in [3.05, 3.63) is 46.5 Å². The second kappa shape index (κ2) is 6.26. The first-order valence-corrected chi connectivity index (χ1v) is 8.94. The number of hydrogen-bond donors (Lipinski definition) is 1. The average Bonchev–Trinajstić information content (AvgIpc) is 3.17. The van der Waals surface area contributed by atoms with E-state index in [1.165, 1.54) is 6.07 Å². The third kappa shape index (κ3) is 2.84. The van der Waals surface area contributed by atoms with E-state index >= 15 is 0 Å². The highest BCUT2D eigenvalue weighted by atomic mass is 19.1. The van der Waals surface area contributed by atoms with Gasteiger partial charge in [0.05, 0.1) is 0 Å². The van der Waals surface area contributed by atoms with E-state index in [1.54, 1.807) is 10.7 Å². The number of carbonyl (C=O) groups is 1. The monoisotopic (exact) mass is 342 g/mol. The highest BCUT2D eigenvalue weighted by Gasteiger charge is 2.31. The first-order valence-electron chi connectivity index (χ1n) is 8.94. The number of nitrogens with zero attached hydrogens (tertiary/aromatic N) is 3. The number of hydrogen-bond acceptors (Lipinski definition) is 3. The molecular weight excluding hydrogens is 319 g/mol. The summed E-state index contributed by atoms with van der Waals surface area (Å²) in [5.41, 5.74) is 3.78. The van der Waals surface area contributed by atoms with E-state index in [-0.39, 0.29) is 17.8 Å². The zero-order valence-electron chi connectivity index (χ0n) is 14.7. The van der Waals surface area contributed by atoms with Gasteiger partial charge in [0.1, 0.15) is 11.5 Å². The SMILES string of the molecule is Cc1ccc(-n2nc(C(=O)N3CCNC(C)C3)c3c2CCC3)c(F)c1. The molecule has 0 bridgehead atoms. The molecule has 0 radical (unpaired) electrons. The number of aryl methyl sites for hydroxylation is 1. The summed E-state index contributed by atoms with van der Waals surface area (Å²) in [6, 6.07) is 5.42. The molecule has 2 aromatic rings. The number of amides is 1. The van der Waals surface area contributed by atoms with Crippen molar-refractivity contribution in [2.24, 2.45) is 0 Å². The second-order valence-electron chi connectivity index (χ2n) is 7.10. The van der Waals surface area contributed by atoms with Crippen LogP contribution in [0, 0.1) is 12.7 Å². The van der Waals surface area contributed by atoms with Crippen molar-refractivity contribution in [2.45, 2.75) is 39.2 Å². The molecule has 5 nitrogen and oxygen atoms in total. The van der Waals surface area contributed by atoms with Crippen molar-refractivity contribution < 1.29 is 9.18 Å². The van der Waals surface area contributed by atoms with Gasteiger partial charge < -0.3 is 10.2 Å². The van der Waals surface area contributed by atoms with Crippen molar-refractivity contribution in [1.82, 2.24) is 20.0 Å². The molecular formula is C19H23FN4O. The predicted octanol–water partition coefficient (Wildman–Crippen LogP) is 2.24. The van der Waals surface area contributed by atoms with Crippen molar-refractivity contribution in [1.29, 1.82) is 0 Å². The second-order valence-corrected chi connectivity index (χ2v) is 7.10. The lowest BCUT2D eigenvalue weighted by molar-refractivity contribution is 0.0701. The fourth-order valence-electron chi connectivity index (χ4n) is 3.86. The Kier molecular flexibility index (Phi) is 4.07.